The molecule has 0 saturated carbocycles. The van der Waals surface area contributed by atoms with Crippen LogP contribution >= 0.6 is 0 Å². The van der Waals surface area contributed by atoms with Gasteiger partial charge in [-0.1, -0.05) is 0 Å². The number of hydrogen-bond acceptors (Lipinski definition) is 4. The highest BCUT2D eigenvalue weighted by atomic mass is 19.2. The zero-order valence-corrected chi connectivity index (χ0v) is 13.2. The molecule has 136 valence electrons. The van der Waals surface area contributed by atoms with Crippen LogP contribution in [0, 0.1) is 23.3 Å². The molecule has 0 aliphatic heterocycles. The summed E-state index contributed by atoms with van der Waals surface area (Å²) in [5.74, 6) is -8.12. The largest absolute Gasteiger partial charge is 0.479 e. The smallest absolute Gasteiger partial charge is 0.292 e. The molecule has 2 heterocycles. The minimum Gasteiger partial charge on any atom is -0.479 e. The van der Waals surface area contributed by atoms with E-state index in [9.17, 15) is 22.4 Å². The van der Waals surface area contributed by atoms with Crippen molar-refractivity contribution in [2.75, 3.05) is 5.32 Å². The number of anilines is 1. The van der Waals surface area contributed by atoms with Crippen LogP contribution in [-0.4, -0.2) is 15.7 Å². The zero-order valence-electron chi connectivity index (χ0n) is 13.2. The Morgan fingerprint density at radius 1 is 1.19 bits per heavy atom. The highest BCUT2D eigenvalue weighted by Gasteiger charge is 2.21. The highest BCUT2D eigenvalue weighted by Crippen LogP contribution is 2.27. The Balaban J connectivity index is 1.69. The van der Waals surface area contributed by atoms with Gasteiger partial charge in [0.1, 0.15) is 12.4 Å². The summed E-state index contributed by atoms with van der Waals surface area (Å²) in [6, 6.07) is 4.26. The molecule has 0 fully saturated rings. The second-order valence-corrected chi connectivity index (χ2v) is 5.18. The first-order chi connectivity index (χ1) is 12.3. The minimum absolute atomic E-state index is 0.0136. The van der Waals surface area contributed by atoms with Crippen molar-refractivity contribution in [2.45, 2.75) is 6.61 Å². The van der Waals surface area contributed by atoms with Crippen molar-refractivity contribution in [2.24, 2.45) is 7.05 Å². The van der Waals surface area contributed by atoms with E-state index < -0.39 is 41.5 Å². The van der Waals surface area contributed by atoms with Crippen LogP contribution in [-0.2, 0) is 13.7 Å². The van der Waals surface area contributed by atoms with E-state index in [1.807, 2.05) is 0 Å². The summed E-state index contributed by atoms with van der Waals surface area (Å²) >= 11 is 0. The van der Waals surface area contributed by atoms with Crippen LogP contribution in [0.4, 0.5) is 23.4 Å². The molecule has 0 aliphatic carbocycles. The van der Waals surface area contributed by atoms with Gasteiger partial charge in [-0.2, -0.15) is 13.9 Å². The van der Waals surface area contributed by atoms with Crippen LogP contribution in [0.25, 0.3) is 0 Å². The molecule has 0 radical (unpaired) electrons. The second-order valence-electron chi connectivity index (χ2n) is 5.18. The molecule has 3 aromatic rings. The number of hydrogen-bond donors (Lipinski definition) is 1. The number of carbonyl (C=O) groups excluding carboxylic acids is 1. The Morgan fingerprint density at radius 3 is 2.50 bits per heavy atom. The van der Waals surface area contributed by atoms with Crippen molar-refractivity contribution < 1.29 is 31.5 Å². The molecule has 1 amide bonds. The van der Waals surface area contributed by atoms with Crippen molar-refractivity contribution in [3.05, 3.63) is 65.3 Å². The van der Waals surface area contributed by atoms with Gasteiger partial charge in [0.05, 0.1) is 0 Å². The summed E-state index contributed by atoms with van der Waals surface area (Å²) in [4.78, 5) is 12.0. The first kappa shape index (κ1) is 17.5. The molecule has 0 saturated heterocycles. The van der Waals surface area contributed by atoms with Gasteiger partial charge in [0.15, 0.2) is 29.0 Å². The van der Waals surface area contributed by atoms with Crippen molar-refractivity contribution in [1.29, 1.82) is 0 Å². The summed E-state index contributed by atoms with van der Waals surface area (Å²) in [5.41, 5.74) is 0. The van der Waals surface area contributed by atoms with E-state index in [2.05, 4.69) is 10.4 Å². The molecular weight excluding hydrogens is 358 g/mol. The summed E-state index contributed by atoms with van der Waals surface area (Å²) in [7, 11) is 1.67. The molecule has 0 bridgehead atoms. The molecule has 0 atom stereocenters. The lowest BCUT2D eigenvalue weighted by Gasteiger charge is -2.08. The van der Waals surface area contributed by atoms with Gasteiger partial charge in [-0.25, -0.2) is 8.78 Å². The number of halogens is 4. The van der Waals surface area contributed by atoms with Crippen LogP contribution in [0.3, 0.4) is 0 Å². The fourth-order valence-electron chi connectivity index (χ4n) is 2.06. The summed E-state index contributed by atoms with van der Waals surface area (Å²) < 4.78 is 64.7. The molecule has 26 heavy (non-hydrogen) atoms. The number of aromatic nitrogens is 2. The molecule has 0 spiro atoms. The van der Waals surface area contributed by atoms with Gasteiger partial charge >= 0.3 is 0 Å². The topological polar surface area (TPSA) is 69.3 Å². The maximum Gasteiger partial charge on any atom is 0.292 e. The number of furan rings is 1. The summed E-state index contributed by atoms with van der Waals surface area (Å²) in [6.07, 6.45) is 1.62. The molecule has 6 nitrogen and oxygen atoms in total. The van der Waals surface area contributed by atoms with Crippen molar-refractivity contribution in [1.82, 2.24) is 9.78 Å². The number of benzene rings is 1. The third kappa shape index (κ3) is 3.53. The van der Waals surface area contributed by atoms with Gasteiger partial charge in [0, 0.05) is 25.4 Å². The third-order valence-corrected chi connectivity index (χ3v) is 3.27. The first-order valence-electron chi connectivity index (χ1n) is 7.20. The quantitative estimate of drug-likeness (QED) is 0.553. The van der Waals surface area contributed by atoms with E-state index in [1.165, 1.54) is 16.8 Å². The Morgan fingerprint density at radius 2 is 1.88 bits per heavy atom. The maximum absolute atomic E-state index is 13.5. The van der Waals surface area contributed by atoms with E-state index in [-0.39, 0.29) is 17.6 Å². The average Bonchev–Trinajstić information content (AvgIpc) is 3.22. The van der Waals surface area contributed by atoms with Crippen LogP contribution in [0.15, 0.2) is 34.9 Å². The number of amides is 1. The molecule has 0 unspecified atom stereocenters. The normalized spacial score (nSPS) is 10.8. The number of nitrogens with one attached hydrogen (secondary N) is 1. The Labute approximate surface area is 144 Å². The Hall–Kier alpha value is -3.30. The van der Waals surface area contributed by atoms with E-state index >= 15 is 0 Å². The fraction of sp³-hybridized carbons (Fsp3) is 0.125. The van der Waals surface area contributed by atoms with Gasteiger partial charge in [0.25, 0.3) is 5.91 Å². The molecule has 1 aromatic carbocycles. The lowest BCUT2D eigenvalue weighted by Crippen LogP contribution is -2.11. The monoisotopic (exact) mass is 369 g/mol. The van der Waals surface area contributed by atoms with E-state index in [1.54, 1.807) is 19.3 Å². The second kappa shape index (κ2) is 6.90. The average molecular weight is 369 g/mol. The first-order valence-corrected chi connectivity index (χ1v) is 7.20. The van der Waals surface area contributed by atoms with E-state index in [0.717, 1.165) is 0 Å². The maximum atomic E-state index is 13.5. The number of carbonyl (C=O) groups is 1. The molecule has 10 heteroatoms. The van der Waals surface area contributed by atoms with Crippen molar-refractivity contribution in [3.63, 3.8) is 0 Å². The van der Waals surface area contributed by atoms with Crippen molar-refractivity contribution in [3.8, 4) is 5.75 Å². The highest BCUT2D eigenvalue weighted by molar-refractivity contribution is 6.01. The molecule has 1 N–H and O–H groups in total. The van der Waals surface area contributed by atoms with Gasteiger partial charge in [-0.05, 0) is 12.1 Å². The number of rotatable bonds is 5. The van der Waals surface area contributed by atoms with Gasteiger partial charge in [0.2, 0.25) is 11.6 Å². The molecule has 0 aliphatic rings. The lowest BCUT2D eigenvalue weighted by molar-refractivity contribution is 0.0991. The van der Waals surface area contributed by atoms with Crippen LogP contribution in [0.1, 0.15) is 16.3 Å². The predicted octanol–water partition coefficient (Wildman–Crippen LogP) is 3.40. The number of nitrogens with zero attached hydrogens (tertiary/aromatic N) is 2. The third-order valence-electron chi connectivity index (χ3n) is 3.27. The number of aryl methyl sites for hydroxylation is 1. The standard InChI is InChI=1S/C16H11F4N3O3/c1-23-5-4-12(22-23)21-16(24)11-3-2-8(26-11)7-25-15-13(19)9(17)6-10(18)14(15)20/h2-6H,7H2,1H3,(H,21,22,24). The van der Waals surface area contributed by atoms with E-state index in [0.29, 0.717) is 5.82 Å². The zero-order chi connectivity index (χ0) is 18.8. The number of ether oxygens (including phenoxy) is 1. The SMILES string of the molecule is Cn1ccc(NC(=O)c2ccc(COc3c(F)c(F)cc(F)c3F)o2)n1. The molecule has 3 rings (SSSR count). The minimum atomic E-state index is -1.66. The van der Waals surface area contributed by atoms with Crippen LogP contribution < -0.4 is 10.1 Å². The lowest BCUT2D eigenvalue weighted by atomic mass is 10.3. The van der Waals surface area contributed by atoms with Gasteiger partial charge < -0.3 is 14.5 Å². The molecule has 2 aromatic heterocycles. The van der Waals surface area contributed by atoms with Crippen molar-refractivity contribution >= 4 is 11.7 Å². The Kier molecular flexibility index (Phi) is 4.65. The molecular formula is C16H11F4N3O3. The fourth-order valence-corrected chi connectivity index (χ4v) is 2.06. The predicted molar refractivity (Wildman–Crippen MR) is 80.5 cm³/mol. The van der Waals surface area contributed by atoms with E-state index in [4.69, 9.17) is 9.15 Å². The van der Waals surface area contributed by atoms with Crippen LogP contribution in [0.2, 0.25) is 0 Å². The van der Waals surface area contributed by atoms with Crippen LogP contribution in [0.5, 0.6) is 5.75 Å². The summed E-state index contributed by atoms with van der Waals surface area (Å²) in [6.45, 7) is -0.548. The van der Waals surface area contributed by atoms with Gasteiger partial charge in [-0.3, -0.25) is 9.48 Å². The van der Waals surface area contributed by atoms with Gasteiger partial charge in [-0.15, -0.1) is 0 Å². The Bertz CT molecular complexity index is 942. The summed E-state index contributed by atoms with van der Waals surface area (Å²) in [5, 5.41) is 6.43.